The van der Waals surface area contributed by atoms with Gasteiger partial charge in [-0.2, -0.15) is 0 Å². The van der Waals surface area contributed by atoms with Crippen LogP contribution in [0.2, 0.25) is 0 Å². The van der Waals surface area contributed by atoms with Crippen LogP contribution >= 0.6 is 0 Å². The molecule has 4 N–H and O–H groups in total. The molecule has 1 amide bonds. The van der Waals surface area contributed by atoms with E-state index in [0.717, 1.165) is 0 Å². The van der Waals surface area contributed by atoms with Gasteiger partial charge in [0.2, 0.25) is 5.91 Å². The fraction of sp³-hybridized carbons (Fsp3) is 0.333. The fourth-order valence-corrected chi connectivity index (χ4v) is 1.66. The minimum absolute atomic E-state index is 0.0991. The third kappa shape index (κ3) is 3.04. The summed E-state index contributed by atoms with van der Waals surface area (Å²) < 4.78 is 0. The minimum Gasteiger partial charge on any atom is -0.398 e. The molecule has 1 rings (SSSR count). The molecule has 0 fully saturated rings. The molecule has 0 aliphatic carbocycles. The van der Waals surface area contributed by atoms with Crippen LogP contribution < -0.4 is 11.1 Å². The quantitative estimate of drug-likeness (QED) is 0.536. The standard InChI is InChI=1S/C12H16N2O3/c1-7(16)9-3-4-11(14-8(2)17)10(5-6-15)12(9)13/h3-4,15H,5-6,13H2,1-2H3,(H,14,17). The van der Waals surface area contributed by atoms with Gasteiger partial charge in [-0.1, -0.05) is 0 Å². The van der Waals surface area contributed by atoms with Crippen molar-refractivity contribution in [3.63, 3.8) is 0 Å². The largest absolute Gasteiger partial charge is 0.398 e. The molecule has 17 heavy (non-hydrogen) atoms. The normalized spacial score (nSPS) is 10.1. The first kappa shape index (κ1) is 13.2. The second-order valence-electron chi connectivity index (χ2n) is 3.76. The molecule has 0 unspecified atom stereocenters. The first-order chi connectivity index (χ1) is 7.97. The molecule has 0 atom stereocenters. The zero-order valence-corrected chi connectivity index (χ0v) is 9.91. The van der Waals surface area contributed by atoms with Gasteiger partial charge in [-0.15, -0.1) is 0 Å². The lowest BCUT2D eigenvalue weighted by molar-refractivity contribution is -0.114. The van der Waals surface area contributed by atoms with Gasteiger partial charge in [-0.05, 0) is 25.5 Å². The summed E-state index contributed by atoms with van der Waals surface area (Å²) in [4.78, 5) is 22.3. The molecule has 0 aliphatic heterocycles. The number of rotatable bonds is 4. The average Bonchev–Trinajstić information content (AvgIpc) is 2.22. The molecule has 0 radical (unpaired) electrons. The van der Waals surface area contributed by atoms with Crippen molar-refractivity contribution >= 4 is 23.1 Å². The van der Waals surface area contributed by atoms with Crippen LogP contribution in [0.5, 0.6) is 0 Å². The molecule has 0 aliphatic rings. The number of aliphatic hydroxyl groups is 1. The first-order valence-corrected chi connectivity index (χ1v) is 5.28. The zero-order valence-electron chi connectivity index (χ0n) is 9.91. The Balaban J connectivity index is 3.28. The van der Waals surface area contributed by atoms with E-state index in [2.05, 4.69) is 5.32 Å². The second-order valence-corrected chi connectivity index (χ2v) is 3.76. The van der Waals surface area contributed by atoms with Crippen LogP contribution in [0, 0.1) is 0 Å². The van der Waals surface area contributed by atoms with Gasteiger partial charge in [0.15, 0.2) is 5.78 Å². The van der Waals surface area contributed by atoms with Crippen LogP contribution in [0.4, 0.5) is 11.4 Å². The molecule has 92 valence electrons. The summed E-state index contributed by atoms with van der Waals surface area (Å²) in [6.45, 7) is 2.71. The lowest BCUT2D eigenvalue weighted by Crippen LogP contribution is -2.12. The van der Waals surface area contributed by atoms with Crippen molar-refractivity contribution in [1.82, 2.24) is 0 Å². The number of nitrogens with two attached hydrogens (primary N) is 1. The number of carbonyl (C=O) groups is 2. The summed E-state index contributed by atoms with van der Waals surface area (Å²) in [5.74, 6) is -0.366. The third-order valence-electron chi connectivity index (χ3n) is 2.41. The minimum atomic E-state index is -0.223. The fourth-order valence-electron chi connectivity index (χ4n) is 1.66. The third-order valence-corrected chi connectivity index (χ3v) is 2.41. The number of Topliss-reactive ketones (excluding diaryl/α,β-unsaturated/α-hetero) is 1. The summed E-state index contributed by atoms with van der Waals surface area (Å²) >= 11 is 0. The van der Waals surface area contributed by atoms with Gasteiger partial charge in [0.25, 0.3) is 0 Å². The molecule has 0 saturated carbocycles. The number of nitrogens with one attached hydrogen (secondary N) is 1. The van der Waals surface area contributed by atoms with Crippen molar-refractivity contribution in [3.8, 4) is 0 Å². The molecule has 5 heteroatoms. The molecule has 0 heterocycles. The van der Waals surface area contributed by atoms with Crippen LogP contribution in [-0.4, -0.2) is 23.4 Å². The Bertz CT molecular complexity index is 455. The number of ketones is 1. The van der Waals surface area contributed by atoms with Crippen LogP contribution in [-0.2, 0) is 11.2 Å². The number of hydrogen-bond acceptors (Lipinski definition) is 4. The topological polar surface area (TPSA) is 92.4 Å². The highest BCUT2D eigenvalue weighted by Crippen LogP contribution is 2.27. The Morgan fingerprint density at radius 2 is 2.00 bits per heavy atom. The predicted octanol–water partition coefficient (Wildman–Crippen LogP) is 0.965. The van der Waals surface area contributed by atoms with E-state index in [0.29, 0.717) is 28.9 Å². The van der Waals surface area contributed by atoms with E-state index >= 15 is 0 Å². The van der Waals surface area contributed by atoms with Crippen molar-refractivity contribution in [2.45, 2.75) is 20.3 Å². The molecule has 0 bridgehead atoms. The number of nitrogen functional groups attached to an aromatic ring is 1. The van der Waals surface area contributed by atoms with Gasteiger partial charge in [-0.3, -0.25) is 9.59 Å². The average molecular weight is 236 g/mol. The van der Waals surface area contributed by atoms with Crippen LogP contribution in [0.1, 0.15) is 29.8 Å². The van der Waals surface area contributed by atoms with Gasteiger partial charge in [-0.25, -0.2) is 0 Å². The van der Waals surface area contributed by atoms with E-state index in [1.807, 2.05) is 0 Å². The van der Waals surface area contributed by atoms with Crippen molar-refractivity contribution in [2.75, 3.05) is 17.7 Å². The summed E-state index contributed by atoms with van der Waals surface area (Å²) in [5, 5.41) is 11.6. The highest BCUT2D eigenvalue weighted by atomic mass is 16.3. The van der Waals surface area contributed by atoms with E-state index < -0.39 is 0 Å². The summed E-state index contributed by atoms with van der Waals surface area (Å²) in [5.41, 5.74) is 7.72. The Morgan fingerprint density at radius 3 is 2.47 bits per heavy atom. The number of amides is 1. The van der Waals surface area contributed by atoms with E-state index in [1.54, 1.807) is 12.1 Å². The summed E-state index contributed by atoms with van der Waals surface area (Å²) in [7, 11) is 0. The highest BCUT2D eigenvalue weighted by Gasteiger charge is 2.13. The number of carbonyl (C=O) groups excluding carboxylic acids is 2. The Hall–Kier alpha value is -1.88. The smallest absolute Gasteiger partial charge is 0.221 e. The van der Waals surface area contributed by atoms with Gasteiger partial charge in [0.05, 0.1) is 0 Å². The van der Waals surface area contributed by atoms with Crippen molar-refractivity contribution in [3.05, 3.63) is 23.3 Å². The Morgan fingerprint density at radius 1 is 1.35 bits per heavy atom. The van der Waals surface area contributed by atoms with Gasteiger partial charge < -0.3 is 16.2 Å². The van der Waals surface area contributed by atoms with Crippen LogP contribution in [0.3, 0.4) is 0 Å². The summed E-state index contributed by atoms with van der Waals surface area (Å²) in [6, 6.07) is 3.20. The molecule has 1 aromatic rings. The van der Waals surface area contributed by atoms with Gasteiger partial charge in [0, 0.05) is 36.0 Å². The maximum atomic E-state index is 11.3. The lowest BCUT2D eigenvalue weighted by atomic mass is 10.0. The van der Waals surface area contributed by atoms with E-state index in [1.165, 1.54) is 13.8 Å². The number of benzene rings is 1. The summed E-state index contributed by atoms with van der Waals surface area (Å²) in [6.07, 6.45) is 0.294. The molecule has 0 spiro atoms. The van der Waals surface area contributed by atoms with E-state index in [-0.39, 0.29) is 18.3 Å². The van der Waals surface area contributed by atoms with Gasteiger partial charge in [0.1, 0.15) is 0 Å². The SMILES string of the molecule is CC(=O)Nc1ccc(C(C)=O)c(N)c1CCO. The zero-order chi connectivity index (χ0) is 13.0. The first-order valence-electron chi connectivity index (χ1n) is 5.28. The van der Waals surface area contributed by atoms with Crippen molar-refractivity contribution in [1.29, 1.82) is 0 Å². The van der Waals surface area contributed by atoms with Crippen molar-refractivity contribution in [2.24, 2.45) is 0 Å². The Labute approximate surface area is 99.6 Å². The maximum Gasteiger partial charge on any atom is 0.221 e. The highest BCUT2D eigenvalue weighted by molar-refractivity contribution is 6.01. The van der Waals surface area contributed by atoms with E-state index in [9.17, 15) is 9.59 Å². The molecular weight excluding hydrogens is 220 g/mol. The predicted molar refractivity (Wildman–Crippen MR) is 66.0 cm³/mol. The maximum absolute atomic E-state index is 11.3. The number of anilines is 2. The molecule has 0 saturated heterocycles. The van der Waals surface area contributed by atoms with Crippen LogP contribution in [0.15, 0.2) is 12.1 Å². The molecule has 1 aromatic carbocycles. The molecular formula is C12H16N2O3. The van der Waals surface area contributed by atoms with Crippen molar-refractivity contribution < 1.29 is 14.7 Å². The number of aliphatic hydroxyl groups excluding tert-OH is 1. The second kappa shape index (κ2) is 5.45. The Kier molecular flexibility index (Phi) is 4.23. The molecule has 0 aromatic heterocycles. The number of hydrogen-bond donors (Lipinski definition) is 3. The van der Waals surface area contributed by atoms with Crippen LogP contribution in [0.25, 0.3) is 0 Å². The van der Waals surface area contributed by atoms with E-state index in [4.69, 9.17) is 10.8 Å². The lowest BCUT2D eigenvalue weighted by Gasteiger charge is -2.14. The van der Waals surface area contributed by atoms with Gasteiger partial charge >= 0.3 is 0 Å². The molecule has 5 nitrogen and oxygen atoms in total. The monoisotopic (exact) mass is 236 g/mol.